The standard InChI is InChI=1S/C22H27NO3/c1-22(12-6-9-19(13-22)25-2)16-23-14-18(24)15-26-21-11-5-8-17-7-3-4-10-20(17)21/h3-12,18,23-24H,13-16H2,1-2H3. The van der Waals surface area contributed by atoms with Crippen molar-refractivity contribution < 1.29 is 14.6 Å². The Hall–Kier alpha value is -2.30. The fraction of sp³-hybridized carbons (Fsp3) is 0.364. The maximum atomic E-state index is 10.3. The Morgan fingerprint density at radius 3 is 2.85 bits per heavy atom. The number of rotatable bonds is 8. The molecule has 0 radical (unpaired) electrons. The first kappa shape index (κ1) is 18.5. The van der Waals surface area contributed by atoms with Gasteiger partial charge >= 0.3 is 0 Å². The number of hydrogen-bond donors (Lipinski definition) is 2. The third-order valence-electron chi connectivity index (χ3n) is 4.71. The lowest BCUT2D eigenvalue weighted by Gasteiger charge is -2.29. The van der Waals surface area contributed by atoms with Crippen molar-refractivity contribution in [3.63, 3.8) is 0 Å². The topological polar surface area (TPSA) is 50.7 Å². The molecule has 0 bridgehead atoms. The lowest BCUT2D eigenvalue weighted by atomic mass is 9.83. The molecule has 0 saturated carbocycles. The lowest BCUT2D eigenvalue weighted by Crippen LogP contribution is -2.38. The summed E-state index contributed by atoms with van der Waals surface area (Å²) in [6.45, 7) is 3.70. The Kier molecular flexibility index (Phi) is 5.96. The highest BCUT2D eigenvalue weighted by atomic mass is 16.5. The largest absolute Gasteiger partial charge is 0.501 e. The average molecular weight is 353 g/mol. The zero-order valence-electron chi connectivity index (χ0n) is 15.4. The maximum absolute atomic E-state index is 10.3. The molecule has 0 aliphatic heterocycles. The molecule has 0 saturated heterocycles. The smallest absolute Gasteiger partial charge is 0.127 e. The van der Waals surface area contributed by atoms with E-state index in [0.29, 0.717) is 6.54 Å². The van der Waals surface area contributed by atoms with Crippen LogP contribution < -0.4 is 10.1 Å². The number of aliphatic hydroxyl groups excluding tert-OH is 1. The molecule has 0 heterocycles. The quantitative estimate of drug-likeness (QED) is 0.760. The summed E-state index contributed by atoms with van der Waals surface area (Å²) >= 11 is 0. The van der Waals surface area contributed by atoms with E-state index in [4.69, 9.17) is 9.47 Å². The predicted molar refractivity (Wildman–Crippen MR) is 105 cm³/mol. The van der Waals surface area contributed by atoms with Crippen LogP contribution >= 0.6 is 0 Å². The average Bonchev–Trinajstić information content (AvgIpc) is 2.66. The van der Waals surface area contributed by atoms with E-state index in [0.717, 1.165) is 35.2 Å². The molecule has 2 N–H and O–H groups in total. The van der Waals surface area contributed by atoms with Crippen LogP contribution in [-0.2, 0) is 4.74 Å². The van der Waals surface area contributed by atoms with Crippen molar-refractivity contribution >= 4 is 10.8 Å². The first-order valence-electron chi connectivity index (χ1n) is 9.01. The van der Waals surface area contributed by atoms with Crippen LogP contribution in [0.5, 0.6) is 5.75 Å². The van der Waals surface area contributed by atoms with Crippen molar-refractivity contribution in [2.24, 2.45) is 5.41 Å². The molecule has 2 atom stereocenters. The van der Waals surface area contributed by atoms with E-state index in [-0.39, 0.29) is 12.0 Å². The zero-order valence-corrected chi connectivity index (χ0v) is 15.4. The number of allylic oxidation sites excluding steroid dienone is 3. The van der Waals surface area contributed by atoms with Crippen LogP contribution in [0.25, 0.3) is 10.8 Å². The van der Waals surface area contributed by atoms with Gasteiger partial charge in [-0.2, -0.15) is 0 Å². The van der Waals surface area contributed by atoms with Crippen LogP contribution in [0.15, 0.2) is 66.5 Å². The molecular formula is C22H27NO3. The van der Waals surface area contributed by atoms with Gasteiger partial charge in [0.2, 0.25) is 0 Å². The Labute approximate surface area is 155 Å². The van der Waals surface area contributed by atoms with E-state index < -0.39 is 6.10 Å². The van der Waals surface area contributed by atoms with Gasteiger partial charge in [-0.3, -0.25) is 0 Å². The zero-order chi connectivity index (χ0) is 18.4. The number of fused-ring (bicyclic) bond motifs is 1. The second-order valence-corrected chi connectivity index (χ2v) is 7.10. The van der Waals surface area contributed by atoms with Gasteiger partial charge in [0.1, 0.15) is 18.5 Å². The molecule has 2 unspecified atom stereocenters. The Bertz CT molecular complexity index is 794. The third kappa shape index (κ3) is 4.65. The van der Waals surface area contributed by atoms with E-state index in [9.17, 15) is 5.11 Å². The molecular weight excluding hydrogens is 326 g/mol. The van der Waals surface area contributed by atoms with Gasteiger partial charge in [0.15, 0.2) is 0 Å². The summed E-state index contributed by atoms with van der Waals surface area (Å²) in [4.78, 5) is 0. The number of methoxy groups -OCH3 is 1. The maximum Gasteiger partial charge on any atom is 0.127 e. The van der Waals surface area contributed by atoms with E-state index >= 15 is 0 Å². The minimum atomic E-state index is -0.567. The highest BCUT2D eigenvalue weighted by Gasteiger charge is 2.25. The molecule has 2 aromatic carbocycles. The van der Waals surface area contributed by atoms with E-state index in [2.05, 4.69) is 30.4 Å². The number of benzene rings is 2. The first-order valence-corrected chi connectivity index (χ1v) is 9.01. The summed E-state index contributed by atoms with van der Waals surface area (Å²) in [5.41, 5.74) is -0.00367. The molecule has 0 fully saturated rings. The molecule has 1 aliphatic carbocycles. The predicted octanol–water partition coefficient (Wildman–Crippen LogP) is 3.67. The van der Waals surface area contributed by atoms with Crippen molar-refractivity contribution in [1.29, 1.82) is 0 Å². The van der Waals surface area contributed by atoms with Crippen molar-refractivity contribution in [2.75, 3.05) is 26.8 Å². The minimum absolute atomic E-state index is 0.00367. The Balaban J connectivity index is 1.47. The molecule has 26 heavy (non-hydrogen) atoms. The normalized spacial score (nSPS) is 20.7. The van der Waals surface area contributed by atoms with Gasteiger partial charge < -0.3 is 19.9 Å². The molecule has 0 amide bonds. The van der Waals surface area contributed by atoms with Crippen LogP contribution in [0.3, 0.4) is 0 Å². The fourth-order valence-corrected chi connectivity index (χ4v) is 3.26. The number of nitrogens with one attached hydrogen (secondary N) is 1. The summed E-state index contributed by atoms with van der Waals surface area (Å²) in [6, 6.07) is 14.1. The third-order valence-corrected chi connectivity index (χ3v) is 4.71. The van der Waals surface area contributed by atoms with Gasteiger partial charge in [0.05, 0.1) is 12.9 Å². The Morgan fingerprint density at radius 2 is 2.00 bits per heavy atom. The van der Waals surface area contributed by atoms with E-state index in [1.54, 1.807) is 7.11 Å². The summed E-state index contributed by atoms with van der Waals surface area (Å²) in [7, 11) is 1.70. The summed E-state index contributed by atoms with van der Waals surface area (Å²) < 4.78 is 11.2. The Morgan fingerprint density at radius 1 is 1.19 bits per heavy atom. The highest BCUT2D eigenvalue weighted by Crippen LogP contribution is 2.30. The molecule has 3 rings (SSSR count). The van der Waals surface area contributed by atoms with Crippen molar-refractivity contribution in [2.45, 2.75) is 19.4 Å². The number of ether oxygens (including phenoxy) is 2. The summed E-state index contributed by atoms with van der Waals surface area (Å²) in [5.74, 6) is 1.79. The van der Waals surface area contributed by atoms with Gasteiger partial charge in [0, 0.05) is 30.3 Å². The highest BCUT2D eigenvalue weighted by molar-refractivity contribution is 5.88. The molecule has 0 spiro atoms. The molecule has 4 nitrogen and oxygen atoms in total. The summed E-state index contributed by atoms with van der Waals surface area (Å²) in [6.07, 6.45) is 6.50. The van der Waals surface area contributed by atoms with Crippen LogP contribution in [-0.4, -0.2) is 38.0 Å². The van der Waals surface area contributed by atoms with Crippen LogP contribution in [0.1, 0.15) is 13.3 Å². The van der Waals surface area contributed by atoms with Crippen molar-refractivity contribution in [1.82, 2.24) is 5.32 Å². The van der Waals surface area contributed by atoms with Crippen molar-refractivity contribution in [3.8, 4) is 5.75 Å². The molecule has 4 heteroatoms. The van der Waals surface area contributed by atoms with Gasteiger partial charge in [-0.15, -0.1) is 0 Å². The second kappa shape index (κ2) is 8.39. The molecule has 138 valence electrons. The summed E-state index contributed by atoms with van der Waals surface area (Å²) in [5, 5.41) is 15.8. The number of hydrogen-bond acceptors (Lipinski definition) is 4. The van der Waals surface area contributed by atoms with Gasteiger partial charge in [0.25, 0.3) is 0 Å². The first-order chi connectivity index (χ1) is 12.6. The van der Waals surface area contributed by atoms with Crippen LogP contribution in [0.4, 0.5) is 0 Å². The molecule has 2 aromatic rings. The lowest BCUT2D eigenvalue weighted by molar-refractivity contribution is 0.104. The van der Waals surface area contributed by atoms with Gasteiger partial charge in [-0.05, 0) is 17.5 Å². The van der Waals surface area contributed by atoms with E-state index in [1.807, 2.05) is 42.5 Å². The monoisotopic (exact) mass is 353 g/mol. The molecule has 1 aliphatic rings. The van der Waals surface area contributed by atoms with Crippen LogP contribution in [0, 0.1) is 5.41 Å². The molecule has 0 aromatic heterocycles. The van der Waals surface area contributed by atoms with Gasteiger partial charge in [-0.25, -0.2) is 0 Å². The van der Waals surface area contributed by atoms with Crippen LogP contribution in [0.2, 0.25) is 0 Å². The minimum Gasteiger partial charge on any atom is -0.501 e. The SMILES string of the molecule is COC1=CC=CC(C)(CNCC(O)COc2cccc3ccccc23)C1. The van der Waals surface area contributed by atoms with Crippen molar-refractivity contribution in [3.05, 3.63) is 66.5 Å². The second-order valence-electron chi connectivity index (χ2n) is 7.10. The van der Waals surface area contributed by atoms with E-state index in [1.165, 1.54) is 0 Å². The fourth-order valence-electron chi connectivity index (χ4n) is 3.26. The number of aliphatic hydroxyl groups is 1. The van der Waals surface area contributed by atoms with Gasteiger partial charge in [-0.1, -0.05) is 55.5 Å².